The molecular weight excluding hydrogens is 339 g/mol. The average Bonchev–Trinajstić information content (AvgIpc) is 2.76. The summed E-state index contributed by atoms with van der Waals surface area (Å²) in [5.41, 5.74) is -1.15. The van der Waals surface area contributed by atoms with Gasteiger partial charge in [0, 0.05) is 17.0 Å². The highest BCUT2D eigenvalue weighted by atomic mass is 35.5. The molecule has 0 bridgehead atoms. The van der Waals surface area contributed by atoms with Crippen LogP contribution in [-0.2, 0) is 18.1 Å². The Kier molecular flexibility index (Phi) is 5.02. The van der Waals surface area contributed by atoms with Crippen LogP contribution in [0.15, 0.2) is 39.3 Å². The third-order valence-corrected chi connectivity index (χ3v) is 4.05. The van der Waals surface area contributed by atoms with Crippen molar-refractivity contribution in [1.29, 1.82) is 0 Å². The molecule has 0 spiro atoms. The maximum atomic E-state index is 13.1. The number of oxime groups is 1. The van der Waals surface area contributed by atoms with Crippen molar-refractivity contribution in [2.45, 2.75) is 16.1 Å². The maximum Gasteiger partial charge on any atom is 0.435 e. The highest BCUT2D eigenvalue weighted by Gasteiger charge is 2.38. The molecule has 2 rings (SSSR count). The Balaban J connectivity index is 2.47. The summed E-state index contributed by atoms with van der Waals surface area (Å²) in [7, 11) is 2.70. The fraction of sp³-hybridized carbons (Fsp3) is 0.231. The molecule has 0 saturated heterocycles. The number of nitrogens with zero attached hydrogens (tertiary/aromatic N) is 3. The first-order chi connectivity index (χ1) is 10.3. The number of hydrogen-bond acceptors (Lipinski definition) is 4. The fourth-order valence-corrected chi connectivity index (χ4v) is 2.75. The summed E-state index contributed by atoms with van der Waals surface area (Å²) in [6.45, 7) is 0. The second-order valence-electron chi connectivity index (χ2n) is 4.16. The van der Waals surface area contributed by atoms with Gasteiger partial charge in [-0.3, -0.25) is 4.68 Å². The molecular formula is C13H11ClF3N3OS. The summed E-state index contributed by atoms with van der Waals surface area (Å²) in [4.78, 5) is 5.21. The van der Waals surface area contributed by atoms with Crippen LogP contribution in [0.4, 0.5) is 13.2 Å². The van der Waals surface area contributed by atoms with Crippen molar-refractivity contribution in [1.82, 2.24) is 9.78 Å². The minimum absolute atomic E-state index is 0.142. The van der Waals surface area contributed by atoms with Crippen molar-refractivity contribution in [2.75, 3.05) is 7.11 Å². The lowest BCUT2D eigenvalue weighted by molar-refractivity contribution is -0.141. The predicted molar refractivity (Wildman–Crippen MR) is 78.4 cm³/mol. The van der Waals surface area contributed by atoms with Crippen molar-refractivity contribution in [3.63, 3.8) is 0 Å². The third-order valence-electron chi connectivity index (χ3n) is 2.61. The molecule has 1 aromatic carbocycles. The van der Waals surface area contributed by atoms with Crippen LogP contribution in [0.2, 0.25) is 5.02 Å². The molecule has 22 heavy (non-hydrogen) atoms. The van der Waals surface area contributed by atoms with E-state index in [1.165, 1.54) is 18.8 Å². The first-order valence-electron chi connectivity index (χ1n) is 5.97. The number of alkyl halides is 3. The largest absolute Gasteiger partial charge is 0.435 e. The van der Waals surface area contributed by atoms with Gasteiger partial charge in [-0.05, 0) is 24.3 Å². The summed E-state index contributed by atoms with van der Waals surface area (Å²) >= 11 is 6.93. The van der Waals surface area contributed by atoms with Crippen molar-refractivity contribution >= 4 is 29.6 Å². The zero-order valence-corrected chi connectivity index (χ0v) is 13.1. The highest BCUT2D eigenvalue weighted by Crippen LogP contribution is 2.37. The van der Waals surface area contributed by atoms with Crippen LogP contribution in [0.25, 0.3) is 0 Å². The standard InChI is InChI=1S/C13H11ClF3N3OS/c1-20-12(22-9-5-3-8(14)4-6-9)10(7-18-21-2)11(19-20)13(15,16)17/h3-7H,1-2H3. The van der Waals surface area contributed by atoms with E-state index >= 15 is 0 Å². The molecule has 0 aliphatic heterocycles. The summed E-state index contributed by atoms with van der Waals surface area (Å²) in [5.74, 6) is 0. The number of rotatable bonds is 4. The predicted octanol–water partition coefficient (Wildman–Crippen LogP) is 4.22. The Hall–Kier alpha value is -1.67. The SMILES string of the molecule is CON=Cc1c(C(F)(F)F)nn(C)c1Sc1ccc(Cl)cc1. The van der Waals surface area contributed by atoms with Gasteiger partial charge in [-0.1, -0.05) is 28.5 Å². The first kappa shape index (κ1) is 16.7. The van der Waals surface area contributed by atoms with E-state index < -0.39 is 11.9 Å². The molecule has 1 heterocycles. The van der Waals surface area contributed by atoms with Crippen LogP contribution in [0, 0.1) is 0 Å². The van der Waals surface area contributed by atoms with Gasteiger partial charge in [0.1, 0.15) is 12.1 Å². The fourth-order valence-electron chi connectivity index (χ4n) is 1.69. The molecule has 0 saturated carbocycles. The van der Waals surface area contributed by atoms with Crippen LogP contribution < -0.4 is 0 Å². The summed E-state index contributed by atoms with van der Waals surface area (Å²) in [6.07, 6.45) is -3.57. The van der Waals surface area contributed by atoms with Crippen molar-refractivity contribution in [3.8, 4) is 0 Å². The average molecular weight is 350 g/mol. The molecule has 1 aromatic heterocycles. The number of aromatic nitrogens is 2. The Morgan fingerprint density at radius 1 is 1.32 bits per heavy atom. The lowest BCUT2D eigenvalue weighted by Gasteiger charge is -2.05. The van der Waals surface area contributed by atoms with Crippen LogP contribution in [-0.4, -0.2) is 23.1 Å². The zero-order chi connectivity index (χ0) is 16.3. The van der Waals surface area contributed by atoms with Gasteiger partial charge in [0.15, 0.2) is 5.69 Å². The van der Waals surface area contributed by atoms with E-state index in [2.05, 4.69) is 15.1 Å². The van der Waals surface area contributed by atoms with Crippen molar-refractivity contribution in [3.05, 3.63) is 40.5 Å². The first-order valence-corrected chi connectivity index (χ1v) is 7.16. The third kappa shape index (κ3) is 3.75. The van der Waals surface area contributed by atoms with Crippen LogP contribution in [0.3, 0.4) is 0 Å². The minimum Gasteiger partial charge on any atom is -0.399 e. The Morgan fingerprint density at radius 2 is 1.95 bits per heavy atom. The van der Waals surface area contributed by atoms with E-state index in [1.807, 2.05) is 0 Å². The molecule has 0 amide bonds. The molecule has 0 atom stereocenters. The molecule has 118 valence electrons. The van der Waals surface area contributed by atoms with Crippen molar-refractivity contribution in [2.24, 2.45) is 12.2 Å². The van der Waals surface area contributed by atoms with Gasteiger partial charge in [0.2, 0.25) is 0 Å². The van der Waals surface area contributed by atoms with E-state index in [-0.39, 0.29) is 5.56 Å². The Bertz CT molecular complexity index is 683. The zero-order valence-electron chi connectivity index (χ0n) is 11.6. The molecule has 0 N–H and O–H groups in total. The molecule has 0 aliphatic carbocycles. The Labute approximate surface area is 133 Å². The molecule has 2 aromatic rings. The lowest BCUT2D eigenvalue weighted by atomic mass is 10.2. The lowest BCUT2D eigenvalue weighted by Crippen LogP contribution is -2.09. The quantitative estimate of drug-likeness (QED) is 0.612. The van der Waals surface area contributed by atoms with Gasteiger partial charge in [0.05, 0.1) is 11.8 Å². The van der Waals surface area contributed by atoms with Crippen LogP contribution in [0.1, 0.15) is 11.3 Å². The second-order valence-corrected chi connectivity index (χ2v) is 5.66. The van der Waals surface area contributed by atoms with E-state index in [0.717, 1.165) is 22.9 Å². The highest BCUT2D eigenvalue weighted by molar-refractivity contribution is 7.99. The smallest absolute Gasteiger partial charge is 0.399 e. The number of halogens is 4. The molecule has 4 nitrogen and oxygen atoms in total. The summed E-state index contributed by atoms with van der Waals surface area (Å²) in [5, 5.41) is 7.83. The van der Waals surface area contributed by atoms with Crippen molar-refractivity contribution < 1.29 is 18.0 Å². The maximum absolute atomic E-state index is 13.1. The number of aryl methyl sites for hydroxylation is 1. The van der Waals surface area contributed by atoms with Gasteiger partial charge >= 0.3 is 6.18 Å². The van der Waals surface area contributed by atoms with Gasteiger partial charge in [-0.2, -0.15) is 18.3 Å². The Morgan fingerprint density at radius 3 is 2.50 bits per heavy atom. The summed E-state index contributed by atoms with van der Waals surface area (Å²) in [6, 6.07) is 6.75. The number of benzene rings is 1. The van der Waals surface area contributed by atoms with E-state index in [0.29, 0.717) is 10.0 Å². The van der Waals surface area contributed by atoms with Crippen LogP contribution in [0.5, 0.6) is 0 Å². The van der Waals surface area contributed by atoms with E-state index in [4.69, 9.17) is 11.6 Å². The second kappa shape index (κ2) is 6.62. The monoisotopic (exact) mass is 349 g/mol. The van der Waals surface area contributed by atoms with Crippen LogP contribution >= 0.6 is 23.4 Å². The van der Waals surface area contributed by atoms with E-state index in [9.17, 15) is 13.2 Å². The van der Waals surface area contributed by atoms with E-state index in [1.54, 1.807) is 24.3 Å². The van der Waals surface area contributed by atoms with Gasteiger partial charge < -0.3 is 4.84 Å². The molecule has 0 radical (unpaired) electrons. The molecule has 0 aliphatic rings. The van der Waals surface area contributed by atoms with Gasteiger partial charge in [0.25, 0.3) is 0 Å². The summed E-state index contributed by atoms with van der Waals surface area (Å²) < 4.78 is 40.3. The number of hydrogen-bond donors (Lipinski definition) is 0. The normalized spacial score (nSPS) is 12.1. The molecule has 9 heteroatoms. The minimum atomic E-state index is -4.58. The topological polar surface area (TPSA) is 39.4 Å². The molecule has 0 unspecified atom stereocenters. The molecule has 0 fully saturated rings. The van der Waals surface area contributed by atoms with Gasteiger partial charge in [-0.25, -0.2) is 0 Å². The van der Waals surface area contributed by atoms with Gasteiger partial charge in [-0.15, -0.1) is 0 Å².